The van der Waals surface area contributed by atoms with Crippen molar-refractivity contribution in [1.82, 2.24) is 4.90 Å². The van der Waals surface area contributed by atoms with Crippen LogP contribution >= 0.6 is 0 Å². The number of carbonyl (C=O) groups is 2. The average molecular weight is 276 g/mol. The van der Waals surface area contributed by atoms with Gasteiger partial charge in [-0.3, -0.25) is 0 Å². The molecule has 0 saturated carbocycles. The number of anilines is 1. The lowest BCUT2D eigenvalue weighted by molar-refractivity contribution is 0.0693. The fourth-order valence-electron chi connectivity index (χ4n) is 1.94. The Labute approximate surface area is 116 Å². The SMILES string of the molecule is CC1=CCN(C(=O)Nc2ccc(O)c(C(=O)O)c2)CC1. The van der Waals surface area contributed by atoms with Crippen LogP contribution in [0.2, 0.25) is 0 Å². The first kappa shape index (κ1) is 13.9. The molecule has 1 aromatic rings. The number of urea groups is 1. The van der Waals surface area contributed by atoms with Crippen molar-refractivity contribution in [2.75, 3.05) is 18.4 Å². The fraction of sp³-hybridized carbons (Fsp3) is 0.286. The maximum atomic E-state index is 12.0. The number of hydrogen-bond acceptors (Lipinski definition) is 3. The number of nitrogens with zero attached hydrogens (tertiary/aromatic N) is 1. The van der Waals surface area contributed by atoms with E-state index in [4.69, 9.17) is 5.11 Å². The molecule has 0 unspecified atom stereocenters. The highest BCUT2D eigenvalue weighted by molar-refractivity contribution is 5.95. The van der Waals surface area contributed by atoms with E-state index in [1.807, 2.05) is 13.0 Å². The van der Waals surface area contributed by atoms with E-state index in [1.54, 1.807) is 4.90 Å². The molecule has 6 nitrogen and oxygen atoms in total. The van der Waals surface area contributed by atoms with Gasteiger partial charge in [-0.05, 0) is 31.5 Å². The molecule has 0 spiro atoms. The summed E-state index contributed by atoms with van der Waals surface area (Å²) in [6.45, 7) is 3.20. The summed E-state index contributed by atoms with van der Waals surface area (Å²) < 4.78 is 0. The van der Waals surface area contributed by atoms with Gasteiger partial charge in [0.15, 0.2) is 0 Å². The second kappa shape index (κ2) is 5.64. The molecule has 0 saturated heterocycles. The van der Waals surface area contributed by atoms with Crippen molar-refractivity contribution in [3.8, 4) is 5.75 Å². The summed E-state index contributed by atoms with van der Waals surface area (Å²) in [5.41, 5.74) is 1.36. The quantitative estimate of drug-likeness (QED) is 0.571. The van der Waals surface area contributed by atoms with Crippen molar-refractivity contribution in [2.24, 2.45) is 0 Å². The molecule has 1 aliphatic rings. The van der Waals surface area contributed by atoms with Gasteiger partial charge in [0.1, 0.15) is 11.3 Å². The second-order valence-electron chi connectivity index (χ2n) is 4.71. The van der Waals surface area contributed by atoms with Crippen LogP contribution in [0.1, 0.15) is 23.7 Å². The van der Waals surface area contributed by atoms with Gasteiger partial charge < -0.3 is 20.4 Å². The van der Waals surface area contributed by atoms with E-state index in [1.165, 1.54) is 23.8 Å². The first-order valence-corrected chi connectivity index (χ1v) is 6.25. The molecule has 3 N–H and O–H groups in total. The predicted octanol–water partition coefficient (Wildman–Crippen LogP) is 2.27. The number of carboxylic acid groups (broad SMARTS) is 1. The van der Waals surface area contributed by atoms with Crippen molar-refractivity contribution in [3.63, 3.8) is 0 Å². The topological polar surface area (TPSA) is 89.9 Å². The Hall–Kier alpha value is -2.50. The number of carboxylic acids is 1. The van der Waals surface area contributed by atoms with Gasteiger partial charge in [0.25, 0.3) is 0 Å². The van der Waals surface area contributed by atoms with Gasteiger partial charge in [-0.15, -0.1) is 0 Å². The van der Waals surface area contributed by atoms with Crippen molar-refractivity contribution in [3.05, 3.63) is 35.4 Å². The molecule has 106 valence electrons. The highest BCUT2D eigenvalue weighted by atomic mass is 16.4. The number of carbonyl (C=O) groups excluding carboxylic acids is 1. The molecular weight excluding hydrogens is 260 g/mol. The number of aromatic carboxylic acids is 1. The standard InChI is InChI=1S/C14H16N2O4/c1-9-4-6-16(7-5-9)14(20)15-10-2-3-12(17)11(8-10)13(18)19/h2-4,8,17H,5-7H2,1H3,(H,15,20)(H,18,19). The number of amides is 2. The van der Waals surface area contributed by atoms with Crippen LogP contribution in [0.15, 0.2) is 29.8 Å². The van der Waals surface area contributed by atoms with Crippen molar-refractivity contribution >= 4 is 17.7 Å². The third-order valence-corrected chi connectivity index (χ3v) is 3.20. The molecule has 0 bridgehead atoms. The number of phenols is 1. The van der Waals surface area contributed by atoms with E-state index in [9.17, 15) is 14.7 Å². The maximum absolute atomic E-state index is 12.0. The first-order chi connectivity index (χ1) is 9.47. The number of aromatic hydroxyl groups is 1. The largest absolute Gasteiger partial charge is 0.507 e. The van der Waals surface area contributed by atoms with Crippen LogP contribution in [0.5, 0.6) is 5.75 Å². The van der Waals surface area contributed by atoms with E-state index in [0.29, 0.717) is 18.8 Å². The summed E-state index contributed by atoms with van der Waals surface area (Å²) in [4.78, 5) is 24.6. The Morgan fingerprint density at radius 3 is 2.70 bits per heavy atom. The van der Waals surface area contributed by atoms with Crippen molar-refractivity contribution in [1.29, 1.82) is 0 Å². The van der Waals surface area contributed by atoms with E-state index in [2.05, 4.69) is 5.32 Å². The summed E-state index contributed by atoms with van der Waals surface area (Å²) in [5.74, 6) is -1.57. The minimum absolute atomic E-state index is 0.239. The zero-order valence-electron chi connectivity index (χ0n) is 11.1. The molecule has 2 rings (SSSR count). The highest BCUT2D eigenvalue weighted by Crippen LogP contribution is 2.22. The Kier molecular flexibility index (Phi) is 3.93. The molecule has 1 aliphatic heterocycles. The van der Waals surface area contributed by atoms with Gasteiger partial charge in [0.05, 0.1) is 0 Å². The Morgan fingerprint density at radius 1 is 1.35 bits per heavy atom. The Morgan fingerprint density at radius 2 is 2.10 bits per heavy atom. The summed E-state index contributed by atoms with van der Waals surface area (Å²) in [7, 11) is 0. The smallest absolute Gasteiger partial charge is 0.339 e. The molecular formula is C14H16N2O4. The lowest BCUT2D eigenvalue weighted by Crippen LogP contribution is -2.37. The van der Waals surface area contributed by atoms with Gasteiger partial charge in [0, 0.05) is 18.8 Å². The molecule has 0 aliphatic carbocycles. The number of hydrogen-bond donors (Lipinski definition) is 3. The summed E-state index contributed by atoms with van der Waals surface area (Å²) in [6, 6.07) is 3.67. The third-order valence-electron chi connectivity index (χ3n) is 3.20. The Bertz CT molecular complexity index is 581. The lowest BCUT2D eigenvalue weighted by Gasteiger charge is -2.25. The molecule has 6 heteroatoms. The maximum Gasteiger partial charge on any atom is 0.339 e. The van der Waals surface area contributed by atoms with Crippen LogP contribution in [-0.4, -0.2) is 40.2 Å². The van der Waals surface area contributed by atoms with Crippen LogP contribution in [0.3, 0.4) is 0 Å². The third kappa shape index (κ3) is 3.09. The number of rotatable bonds is 2. The molecule has 0 atom stereocenters. The molecule has 20 heavy (non-hydrogen) atoms. The minimum Gasteiger partial charge on any atom is -0.507 e. The molecule has 0 radical (unpaired) electrons. The number of nitrogens with one attached hydrogen (secondary N) is 1. The van der Waals surface area contributed by atoms with Crippen LogP contribution in [0.4, 0.5) is 10.5 Å². The first-order valence-electron chi connectivity index (χ1n) is 6.25. The lowest BCUT2D eigenvalue weighted by atomic mass is 10.1. The number of benzene rings is 1. The van der Waals surface area contributed by atoms with E-state index in [-0.39, 0.29) is 17.3 Å². The van der Waals surface area contributed by atoms with Gasteiger partial charge in [-0.2, -0.15) is 0 Å². The summed E-state index contributed by atoms with van der Waals surface area (Å²) in [6.07, 6.45) is 2.83. The van der Waals surface area contributed by atoms with E-state index < -0.39 is 5.97 Å². The van der Waals surface area contributed by atoms with Crippen LogP contribution in [0, 0.1) is 0 Å². The fourth-order valence-corrected chi connectivity index (χ4v) is 1.94. The highest BCUT2D eigenvalue weighted by Gasteiger charge is 2.17. The molecule has 0 aromatic heterocycles. The molecule has 1 heterocycles. The molecule has 0 fully saturated rings. The average Bonchev–Trinajstić information content (AvgIpc) is 2.41. The summed E-state index contributed by atoms with van der Waals surface area (Å²) >= 11 is 0. The van der Waals surface area contributed by atoms with Gasteiger partial charge in [-0.1, -0.05) is 11.6 Å². The molecule has 2 amide bonds. The minimum atomic E-state index is -1.24. The monoisotopic (exact) mass is 276 g/mol. The summed E-state index contributed by atoms with van der Waals surface area (Å²) in [5, 5.41) is 20.9. The Balaban J connectivity index is 2.08. The van der Waals surface area contributed by atoms with Crippen LogP contribution < -0.4 is 5.32 Å². The van der Waals surface area contributed by atoms with Crippen LogP contribution in [-0.2, 0) is 0 Å². The van der Waals surface area contributed by atoms with E-state index >= 15 is 0 Å². The second-order valence-corrected chi connectivity index (χ2v) is 4.71. The van der Waals surface area contributed by atoms with Crippen molar-refractivity contribution < 1.29 is 19.8 Å². The zero-order valence-corrected chi connectivity index (χ0v) is 11.1. The van der Waals surface area contributed by atoms with Gasteiger partial charge >= 0.3 is 12.0 Å². The predicted molar refractivity (Wildman–Crippen MR) is 74.0 cm³/mol. The molecule has 1 aromatic carbocycles. The zero-order chi connectivity index (χ0) is 14.7. The van der Waals surface area contributed by atoms with Crippen LogP contribution in [0.25, 0.3) is 0 Å². The van der Waals surface area contributed by atoms with Gasteiger partial charge in [0.2, 0.25) is 0 Å². The van der Waals surface area contributed by atoms with E-state index in [0.717, 1.165) is 6.42 Å². The van der Waals surface area contributed by atoms with Gasteiger partial charge in [-0.25, -0.2) is 9.59 Å². The normalized spacial score (nSPS) is 14.7. The van der Waals surface area contributed by atoms with Crippen molar-refractivity contribution in [2.45, 2.75) is 13.3 Å².